The standard InChI is InChI=1S/C11H14N2O2/c14-9-15-11-3-1-10(2-4-11)13-7-5-12-6-8-13/h1-4,9,12H,5-8H2. The molecule has 0 aliphatic carbocycles. The Hall–Kier alpha value is -1.55. The Morgan fingerprint density at radius 3 is 2.47 bits per heavy atom. The molecule has 2 rings (SSSR count). The number of hydrogen-bond donors (Lipinski definition) is 1. The van der Waals surface area contributed by atoms with Crippen LogP contribution in [0.2, 0.25) is 0 Å². The normalized spacial score (nSPS) is 16.1. The zero-order chi connectivity index (χ0) is 10.5. The number of rotatable bonds is 3. The molecule has 1 fully saturated rings. The largest absolute Gasteiger partial charge is 0.429 e. The lowest BCUT2D eigenvalue weighted by atomic mass is 10.2. The zero-order valence-electron chi connectivity index (χ0n) is 8.48. The van der Waals surface area contributed by atoms with Crippen molar-refractivity contribution in [2.45, 2.75) is 0 Å². The molecule has 1 N–H and O–H groups in total. The van der Waals surface area contributed by atoms with E-state index in [4.69, 9.17) is 4.74 Å². The number of carbonyl (C=O) groups excluding carboxylic acids is 1. The summed E-state index contributed by atoms with van der Waals surface area (Å²) in [5, 5.41) is 3.30. The number of hydrogen-bond acceptors (Lipinski definition) is 4. The van der Waals surface area contributed by atoms with Gasteiger partial charge in [0.1, 0.15) is 5.75 Å². The molecule has 1 saturated heterocycles. The van der Waals surface area contributed by atoms with E-state index in [1.54, 1.807) is 0 Å². The van der Waals surface area contributed by atoms with E-state index < -0.39 is 0 Å². The first-order chi connectivity index (χ1) is 7.40. The Morgan fingerprint density at radius 1 is 1.20 bits per heavy atom. The summed E-state index contributed by atoms with van der Waals surface area (Å²) in [6.45, 7) is 4.53. The number of nitrogens with zero attached hydrogens (tertiary/aromatic N) is 1. The summed E-state index contributed by atoms with van der Waals surface area (Å²) in [4.78, 5) is 12.4. The molecular weight excluding hydrogens is 192 g/mol. The molecule has 1 aliphatic rings. The smallest absolute Gasteiger partial charge is 0.298 e. The van der Waals surface area contributed by atoms with Crippen molar-refractivity contribution in [1.29, 1.82) is 0 Å². The van der Waals surface area contributed by atoms with Crippen LogP contribution in [0, 0.1) is 0 Å². The molecule has 0 atom stereocenters. The minimum atomic E-state index is 0.444. The van der Waals surface area contributed by atoms with Gasteiger partial charge in [0.2, 0.25) is 0 Å². The van der Waals surface area contributed by atoms with Gasteiger partial charge in [-0.2, -0.15) is 0 Å². The van der Waals surface area contributed by atoms with E-state index in [0.29, 0.717) is 12.2 Å². The molecule has 1 aromatic carbocycles. The molecule has 0 radical (unpaired) electrons. The Morgan fingerprint density at radius 2 is 1.87 bits per heavy atom. The molecular formula is C11H14N2O2. The third-order valence-corrected chi connectivity index (χ3v) is 2.50. The van der Waals surface area contributed by atoms with Gasteiger partial charge in [0.05, 0.1) is 0 Å². The minimum Gasteiger partial charge on any atom is -0.429 e. The molecule has 0 saturated carbocycles. The quantitative estimate of drug-likeness (QED) is 0.737. The third kappa shape index (κ3) is 2.47. The Bertz CT molecular complexity index is 318. The molecule has 1 heterocycles. The maximum atomic E-state index is 10.1. The lowest BCUT2D eigenvalue weighted by Crippen LogP contribution is -2.43. The van der Waals surface area contributed by atoms with Gasteiger partial charge in [-0.25, -0.2) is 0 Å². The molecule has 0 aromatic heterocycles. The number of piperazine rings is 1. The predicted molar refractivity (Wildman–Crippen MR) is 58.2 cm³/mol. The van der Waals surface area contributed by atoms with Crippen LogP contribution in [-0.2, 0) is 4.79 Å². The third-order valence-electron chi connectivity index (χ3n) is 2.50. The van der Waals surface area contributed by atoms with Gasteiger partial charge in [-0.05, 0) is 24.3 Å². The number of anilines is 1. The summed E-state index contributed by atoms with van der Waals surface area (Å²) in [6, 6.07) is 7.58. The Balaban J connectivity index is 2.04. The molecule has 1 aliphatic heterocycles. The van der Waals surface area contributed by atoms with Crippen molar-refractivity contribution in [2.75, 3.05) is 31.1 Å². The van der Waals surface area contributed by atoms with Crippen molar-refractivity contribution in [1.82, 2.24) is 5.32 Å². The molecule has 15 heavy (non-hydrogen) atoms. The van der Waals surface area contributed by atoms with Crippen molar-refractivity contribution >= 4 is 12.2 Å². The van der Waals surface area contributed by atoms with E-state index in [9.17, 15) is 4.79 Å². The van der Waals surface area contributed by atoms with Gasteiger partial charge in [-0.1, -0.05) is 0 Å². The highest BCUT2D eigenvalue weighted by atomic mass is 16.5. The topological polar surface area (TPSA) is 41.6 Å². The fraction of sp³-hybridized carbons (Fsp3) is 0.364. The van der Waals surface area contributed by atoms with Crippen molar-refractivity contribution in [2.24, 2.45) is 0 Å². The molecule has 0 spiro atoms. The summed E-state index contributed by atoms with van der Waals surface area (Å²) in [5.41, 5.74) is 1.18. The second-order valence-electron chi connectivity index (χ2n) is 3.45. The SMILES string of the molecule is O=COc1ccc(N2CCNCC2)cc1. The second-order valence-corrected chi connectivity index (χ2v) is 3.45. The van der Waals surface area contributed by atoms with Crippen LogP contribution in [0.25, 0.3) is 0 Å². The van der Waals surface area contributed by atoms with Crippen molar-refractivity contribution in [3.05, 3.63) is 24.3 Å². The summed E-state index contributed by atoms with van der Waals surface area (Å²) in [7, 11) is 0. The zero-order valence-corrected chi connectivity index (χ0v) is 8.48. The summed E-state index contributed by atoms with van der Waals surface area (Å²) >= 11 is 0. The van der Waals surface area contributed by atoms with Crippen LogP contribution < -0.4 is 15.0 Å². The number of carbonyl (C=O) groups is 1. The van der Waals surface area contributed by atoms with Gasteiger partial charge in [0, 0.05) is 31.9 Å². The Labute approximate surface area is 88.8 Å². The fourth-order valence-electron chi connectivity index (χ4n) is 1.71. The average Bonchev–Trinajstić information content (AvgIpc) is 2.32. The number of benzene rings is 1. The van der Waals surface area contributed by atoms with E-state index in [-0.39, 0.29) is 0 Å². The van der Waals surface area contributed by atoms with Gasteiger partial charge >= 0.3 is 0 Å². The van der Waals surface area contributed by atoms with Gasteiger partial charge in [0.25, 0.3) is 6.47 Å². The fourth-order valence-corrected chi connectivity index (χ4v) is 1.71. The minimum absolute atomic E-state index is 0.444. The van der Waals surface area contributed by atoms with E-state index in [0.717, 1.165) is 26.2 Å². The predicted octanol–water partition coefficient (Wildman–Crippen LogP) is 0.631. The van der Waals surface area contributed by atoms with E-state index in [2.05, 4.69) is 10.2 Å². The number of nitrogens with one attached hydrogen (secondary N) is 1. The first-order valence-corrected chi connectivity index (χ1v) is 5.06. The molecule has 0 unspecified atom stereocenters. The first kappa shape index (κ1) is 9.98. The molecule has 1 aromatic rings. The molecule has 4 heteroatoms. The molecule has 80 valence electrons. The summed E-state index contributed by atoms with van der Waals surface area (Å²) < 4.78 is 4.74. The first-order valence-electron chi connectivity index (χ1n) is 5.06. The van der Waals surface area contributed by atoms with E-state index >= 15 is 0 Å². The van der Waals surface area contributed by atoms with Crippen molar-refractivity contribution in [3.63, 3.8) is 0 Å². The van der Waals surface area contributed by atoms with Crippen LogP contribution in [0.3, 0.4) is 0 Å². The van der Waals surface area contributed by atoms with Crippen LogP contribution in [0.15, 0.2) is 24.3 Å². The van der Waals surface area contributed by atoms with Crippen LogP contribution in [0.1, 0.15) is 0 Å². The lowest BCUT2D eigenvalue weighted by molar-refractivity contribution is -0.120. The van der Waals surface area contributed by atoms with E-state index in [1.165, 1.54) is 5.69 Å². The van der Waals surface area contributed by atoms with E-state index in [1.807, 2.05) is 24.3 Å². The average molecular weight is 206 g/mol. The number of ether oxygens (including phenoxy) is 1. The van der Waals surface area contributed by atoms with Crippen LogP contribution >= 0.6 is 0 Å². The highest BCUT2D eigenvalue weighted by Crippen LogP contribution is 2.19. The van der Waals surface area contributed by atoms with Crippen molar-refractivity contribution in [3.8, 4) is 5.75 Å². The van der Waals surface area contributed by atoms with Gasteiger partial charge in [-0.15, -0.1) is 0 Å². The molecule has 0 bridgehead atoms. The van der Waals surface area contributed by atoms with Crippen LogP contribution in [-0.4, -0.2) is 32.7 Å². The monoisotopic (exact) mass is 206 g/mol. The maximum absolute atomic E-state index is 10.1. The Kier molecular flexibility index (Phi) is 3.19. The van der Waals surface area contributed by atoms with Crippen LogP contribution in [0.5, 0.6) is 5.75 Å². The van der Waals surface area contributed by atoms with Gasteiger partial charge in [-0.3, -0.25) is 4.79 Å². The summed E-state index contributed by atoms with van der Waals surface area (Å²) in [5.74, 6) is 0.587. The molecule has 0 amide bonds. The van der Waals surface area contributed by atoms with Gasteiger partial charge < -0.3 is 15.0 Å². The second kappa shape index (κ2) is 4.79. The lowest BCUT2D eigenvalue weighted by Gasteiger charge is -2.29. The van der Waals surface area contributed by atoms with Crippen LogP contribution in [0.4, 0.5) is 5.69 Å². The maximum Gasteiger partial charge on any atom is 0.298 e. The van der Waals surface area contributed by atoms with Gasteiger partial charge in [0.15, 0.2) is 0 Å². The highest BCUT2D eigenvalue weighted by molar-refractivity contribution is 5.52. The highest BCUT2D eigenvalue weighted by Gasteiger charge is 2.09. The molecule has 4 nitrogen and oxygen atoms in total. The summed E-state index contributed by atoms with van der Waals surface area (Å²) in [6.07, 6.45) is 0. The van der Waals surface area contributed by atoms with Crippen molar-refractivity contribution < 1.29 is 9.53 Å².